The van der Waals surface area contributed by atoms with Gasteiger partial charge in [-0.1, -0.05) is 53.0 Å². The standard InChI is InChI=1S/C58H65N7O13S2/c1-39-24-44-33-62-48-31-52(50(70-3)29-46(48)56(67)64(44)35-39)77-37-42-26-41(27-43(28-42)38-78-53-32-49-47(30-51(53)71-4)57(68)65-36-40(2)25-45(65)34-63-49)8-7-12-59-54(66)10-14-72-16-18-74-20-21-75-19-17-73-15-13-61-58(69)76-22-23-79-80-55-9-5-6-11-60-55/h5-6,9,11,26-34,44-45H,1-2,10,12-25,35-38H2,3-4H3,(H,59,66)(H,61,69)/t44-,45-/m0/s1. The first kappa shape index (κ1) is 58.8. The van der Waals surface area contributed by atoms with Crippen molar-refractivity contribution in [1.82, 2.24) is 25.4 Å². The Labute approximate surface area is 473 Å². The molecule has 4 aliphatic rings. The van der Waals surface area contributed by atoms with Crippen LogP contribution in [0, 0.1) is 11.8 Å². The number of benzene rings is 3. The molecule has 80 heavy (non-hydrogen) atoms. The number of nitrogens with one attached hydrogen (secondary N) is 2. The number of amides is 4. The van der Waals surface area contributed by atoms with Crippen LogP contribution in [0.1, 0.15) is 56.7 Å². The lowest BCUT2D eigenvalue weighted by Gasteiger charge is -2.20. The van der Waals surface area contributed by atoms with Crippen molar-refractivity contribution in [2.24, 2.45) is 9.98 Å². The number of carbonyl (C=O) groups is 4. The molecule has 4 amide bonds. The van der Waals surface area contributed by atoms with Crippen LogP contribution in [0.15, 0.2) is 106 Å². The van der Waals surface area contributed by atoms with Crippen molar-refractivity contribution >= 4 is 69.2 Å². The lowest BCUT2D eigenvalue weighted by Crippen LogP contribution is -2.35. The molecular formula is C58H65N7O13S2. The number of aliphatic imine (C=N–C) groups is 2. The highest BCUT2D eigenvalue weighted by Gasteiger charge is 2.36. The van der Waals surface area contributed by atoms with Crippen LogP contribution in [0.5, 0.6) is 23.0 Å². The lowest BCUT2D eigenvalue weighted by molar-refractivity contribution is -0.122. The number of hydrogen-bond donors (Lipinski definition) is 2. The van der Waals surface area contributed by atoms with Crippen LogP contribution >= 0.6 is 21.6 Å². The molecule has 0 spiro atoms. The van der Waals surface area contributed by atoms with Crippen LogP contribution in [0.25, 0.3) is 0 Å². The highest BCUT2D eigenvalue weighted by Crippen LogP contribution is 2.41. The zero-order chi connectivity index (χ0) is 56.1. The molecule has 20 nitrogen and oxygen atoms in total. The van der Waals surface area contributed by atoms with Crippen molar-refractivity contribution in [1.29, 1.82) is 0 Å². The van der Waals surface area contributed by atoms with Gasteiger partial charge in [0.05, 0.1) is 108 Å². The van der Waals surface area contributed by atoms with Crippen molar-refractivity contribution < 1.29 is 61.8 Å². The maximum atomic E-state index is 13.6. The summed E-state index contributed by atoms with van der Waals surface area (Å²) in [5, 5.41) is 6.38. The topological polar surface area (TPSA) is 219 Å². The Hall–Kier alpha value is -7.39. The average Bonchev–Trinajstić information content (AvgIpc) is 4.08. The number of aromatic nitrogens is 1. The van der Waals surface area contributed by atoms with Crippen molar-refractivity contribution in [2.75, 3.05) is 106 Å². The molecule has 2 saturated heterocycles. The van der Waals surface area contributed by atoms with Crippen LogP contribution in [-0.4, -0.2) is 169 Å². The van der Waals surface area contributed by atoms with Gasteiger partial charge in [0.1, 0.15) is 24.8 Å². The van der Waals surface area contributed by atoms with E-state index in [1.54, 1.807) is 63.5 Å². The monoisotopic (exact) mass is 1130 g/mol. The van der Waals surface area contributed by atoms with E-state index in [9.17, 15) is 19.2 Å². The fourth-order valence-electron chi connectivity index (χ4n) is 8.78. The van der Waals surface area contributed by atoms with E-state index in [0.29, 0.717) is 142 Å². The van der Waals surface area contributed by atoms with Gasteiger partial charge >= 0.3 is 6.09 Å². The molecule has 22 heteroatoms. The number of ether oxygens (including phenoxy) is 9. The van der Waals surface area contributed by atoms with E-state index < -0.39 is 6.09 Å². The molecule has 1 aromatic heterocycles. The molecule has 0 bridgehead atoms. The number of alkyl carbamates (subject to hydrolysis) is 1. The van der Waals surface area contributed by atoms with Crippen molar-refractivity contribution in [3.63, 3.8) is 0 Å². The normalized spacial score (nSPS) is 15.9. The maximum absolute atomic E-state index is 13.6. The van der Waals surface area contributed by atoms with E-state index in [2.05, 4.69) is 50.6 Å². The van der Waals surface area contributed by atoms with Crippen LogP contribution in [0.2, 0.25) is 0 Å². The van der Waals surface area contributed by atoms with Gasteiger partial charge in [-0.05, 0) is 77.2 Å². The van der Waals surface area contributed by atoms with E-state index in [1.807, 2.05) is 36.4 Å². The minimum Gasteiger partial charge on any atom is -0.493 e. The molecule has 0 radical (unpaired) electrons. The highest BCUT2D eigenvalue weighted by molar-refractivity contribution is 8.76. The Morgan fingerprint density at radius 1 is 0.688 bits per heavy atom. The Kier molecular flexibility index (Phi) is 22.2. The molecule has 3 aromatic carbocycles. The van der Waals surface area contributed by atoms with Crippen LogP contribution in [-0.2, 0) is 41.7 Å². The number of fused-ring (bicyclic) bond motifs is 4. The predicted octanol–water partition coefficient (Wildman–Crippen LogP) is 7.32. The van der Waals surface area contributed by atoms with E-state index in [1.165, 1.54) is 25.0 Å². The zero-order valence-corrected chi connectivity index (χ0v) is 46.5. The third-order valence-corrected chi connectivity index (χ3v) is 14.9. The van der Waals surface area contributed by atoms with Gasteiger partial charge in [0, 0.05) is 68.1 Å². The molecule has 5 heterocycles. The van der Waals surface area contributed by atoms with Crippen LogP contribution in [0.4, 0.5) is 16.2 Å². The SMILES string of the molecule is C=C1C[C@H]2C=Nc3cc(OCc4cc(C#CCNC(=O)CCOCCOCCOCCOCCNC(=O)OCCSSc5ccccn5)cc(COc5cc6c(cc5OC)C(=O)N5CC(=C)C[C@H]5C=N6)c4)c(OC)cc3C(=O)N2C1. The average molecular weight is 1130 g/mol. The summed E-state index contributed by atoms with van der Waals surface area (Å²) in [5.41, 5.74) is 5.89. The number of hydrogen-bond acceptors (Lipinski definition) is 18. The first-order chi connectivity index (χ1) is 39.0. The molecule has 2 fully saturated rings. The van der Waals surface area contributed by atoms with Gasteiger partial charge in [-0.15, -0.1) is 0 Å². The van der Waals surface area contributed by atoms with Crippen molar-refractivity contribution in [3.8, 4) is 34.8 Å². The molecule has 0 unspecified atom stereocenters. The van der Waals surface area contributed by atoms with E-state index >= 15 is 0 Å². The first-order valence-corrected chi connectivity index (χ1v) is 28.4. The van der Waals surface area contributed by atoms with Gasteiger partial charge in [-0.2, -0.15) is 0 Å². The van der Waals surface area contributed by atoms with Gasteiger partial charge in [0.25, 0.3) is 11.8 Å². The molecular weight excluding hydrogens is 1070 g/mol. The third kappa shape index (κ3) is 17.1. The number of nitrogens with zero attached hydrogens (tertiary/aromatic N) is 5. The van der Waals surface area contributed by atoms with Gasteiger partial charge < -0.3 is 63.1 Å². The summed E-state index contributed by atoms with van der Waals surface area (Å²) in [6.45, 7) is 12.7. The summed E-state index contributed by atoms with van der Waals surface area (Å²) in [5.74, 6) is 7.89. The Balaban J connectivity index is 0.765. The molecule has 0 aliphatic carbocycles. The number of carbonyl (C=O) groups excluding carboxylic acids is 4. The summed E-state index contributed by atoms with van der Waals surface area (Å²) in [7, 11) is 6.13. The summed E-state index contributed by atoms with van der Waals surface area (Å²) >= 11 is 0. The Bertz CT molecular complexity index is 2850. The van der Waals surface area contributed by atoms with Gasteiger partial charge in [-0.25, -0.2) is 9.78 Å². The number of pyridine rings is 1. The maximum Gasteiger partial charge on any atom is 0.407 e. The predicted molar refractivity (Wildman–Crippen MR) is 304 cm³/mol. The van der Waals surface area contributed by atoms with E-state index in [0.717, 1.165) is 27.3 Å². The fraction of sp³-hybridized carbons (Fsp3) is 0.397. The fourth-order valence-corrected chi connectivity index (χ4v) is 10.5. The highest BCUT2D eigenvalue weighted by atomic mass is 33.1. The second kappa shape index (κ2) is 30.3. The molecule has 2 N–H and O–H groups in total. The number of methoxy groups -OCH3 is 2. The Morgan fingerprint density at radius 3 is 1.80 bits per heavy atom. The minimum atomic E-state index is -0.487. The quantitative estimate of drug-likeness (QED) is 0.0235. The summed E-state index contributed by atoms with van der Waals surface area (Å²) < 4.78 is 51.5. The minimum absolute atomic E-state index is 0.0918. The van der Waals surface area contributed by atoms with E-state index in [4.69, 9.17) is 42.6 Å². The zero-order valence-electron chi connectivity index (χ0n) is 44.9. The van der Waals surface area contributed by atoms with Gasteiger partial charge in [0.2, 0.25) is 5.91 Å². The van der Waals surface area contributed by atoms with Crippen molar-refractivity contribution in [3.05, 3.63) is 119 Å². The summed E-state index contributed by atoms with van der Waals surface area (Å²) in [6, 6.07) is 17.8. The Morgan fingerprint density at radius 2 is 1.25 bits per heavy atom. The van der Waals surface area contributed by atoms with Gasteiger partial charge in [-0.3, -0.25) is 24.4 Å². The molecule has 4 aliphatic heterocycles. The number of rotatable bonds is 29. The smallest absolute Gasteiger partial charge is 0.407 e. The van der Waals surface area contributed by atoms with E-state index in [-0.39, 0.29) is 62.6 Å². The second-order valence-corrected chi connectivity index (χ2v) is 21.0. The van der Waals surface area contributed by atoms with Crippen LogP contribution in [0.3, 0.4) is 0 Å². The molecule has 0 saturated carbocycles. The second-order valence-electron chi connectivity index (χ2n) is 18.5. The molecule has 4 aromatic rings. The first-order valence-electron chi connectivity index (χ1n) is 26.1. The summed E-state index contributed by atoms with van der Waals surface area (Å²) in [4.78, 5) is 68.8. The van der Waals surface area contributed by atoms with Gasteiger partial charge in [0.15, 0.2) is 23.0 Å². The summed E-state index contributed by atoms with van der Waals surface area (Å²) in [6.07, 6.45) is 6.27. The third-order valence-electron chi connectivity index (χ3n) is 12.6. The molecule has 422 valence electrons. The van der Waals surface area contributed by atoms with Crippen LogP contribution < -0.4 is 29.6 Å². The largest absolute Gasteiger partial charge is 0.493 e. The molecule has 2 atom stereocenters. The van der Waals surface area contributed by atoms with Crippen molar-refractivity contribution in [2.45, 2.75) is 49.6 Å². The molecule has 8 rings (SSSR count). The lowest BCUT2D eigenvalue weighted by atomic mass is 10.1.